The average Bonchev–Trinajstić information content (AvgIpc) is 2.81. The molecule has 0 bridgehead atoms. The molecule has 0 aliphatic heterocycles. The third-order valence-corrected chi connectivity index (χ3v) is 2.82. The van der Waals surface area contributed by atoms with E-state index in [4.69, 9.17) is 0 Å². The first-order valence-corrected chi connectivity index (χ1v) is 5.99. The van der Waals surface area contributed by atoms with Gasteiger partial charge in [0.05, 0.1) is 6.33 Å². The molecule has 0 saturated carbocycles. The van der Waals surface area contributed by atoms with Crippen molar-refractivity contribution in [1.29, 1.82) is 0 Å². The molecule has 0 aliphatic rings. The molecule has 1 aromatic carbocycles. The Kier molecular flexibility index (Phi) is 3.77. The maximum absolute atomic E-state index is 11.9. The molecule has 0 fully saturated rings. The molecule has 0 aliphatic carbocycles. The van der Waals surface area contributed by atoms with Crippen molar-refractivity contribution in [3.05, 3.63) is 48.5 Å². The van der Waals surface area contributed by atoms with E-state index in [1.54, 1.807) is 12.5 Å². The number of carbonyl (C=O) groups excluding carboxylic acids is 1. The second kappa shape index (κ2) is 5.49. The summed E-state index contributed by atoms with van der Waals surface area (Å²) in [5.41, 5.74) is 1.98. The molecule has 0 radical (unpaired) electrons. The van der Waals surface area contributed by atoms with E-state index in [-0.39, 0.29) is 11.9 Å². The summed E-state index contributed by atoms with van der Waals surface area (Å²) >= 11 is 0. The molecule has 1 aromatic heterocycles. The van der Waals surface area contributed by atoms with Crippen LogP contribution in [0.3, 0.4) is 0 Å². The lowest BCUT2D eigenvalue weighted by atomic mass is 10.2. The van der Waals surface area contributed by atoms with Gasteiger partial charge in [-0.15, -0.1) is 0 Å². The molecule has 4 heteroatoms. The fourth-order valence-corrected chi connectivity index (χ4v) is 1.84. The molecular formula is C14H17N3O. The van der Waals surface area contributed by atoms with Crippen LogP contribution < -0.4 is 5.32 Å². The molecule has 1 amide bonds. The topological polar surface area (TPSA) is 46.9 Å². The quantitative estimate of drug-likeness (QED) is 0.897. The van der Waals surface area contributed by atoms with Crippen LogP contribution >= 0.6 is 0 Å². The fraction of sp³-hybridized carbons (Fsp3) is 0.286. The third kappa shape index (κ3) is 3.20. The average molecular weight is 243 g/mol. The molecule has 2 aromatic rings. The van der Waals surface area contributed by atoms with Gasteiger partial charge in [-0.25, -0.2) is 4.98 Å². The van der Waals surface area contributed by atoms with Crippen LogP contribution in [0.15, 0.2) is 43.0 Å². The van der Waals surface area contributed by atoms with Crippen molar-refractivity contribution in [2.45, 2.75) is 26.3 Å². The Bertz CT molecular complexity index is 520. The van der Waals surface area contributed by atoms with Gasteiger partial charge in [-0.1, -0.05) is 12.1 Å². The van der Waals surface area contributed by atoms with Gasteiger partial charge in [0, 0.05) is 30.5 Å². The van der Waals surface area contributed by atoms with Gasteiger partial charge < -0.3 is 9.88 Å². The molecule has 94 valence electrons. The van der Waals surface area contributed by atoms with E-state index in [1.807, 2.05) is 48.9 Å². The van der Waals surface area contributed by atoms with Crippen LogP contribution in [0.25, 0.3) is 0 Å². The Morgan fingerprint density at radius 2 is 2.33 bits per heavy atom. The highest BCUT2D eigenvalue weighted by molar-refractivity contribution is 5.91. The van der Waals surface area contributed by atoms with E-state index in [2.05, 4.69) is 10.3 Å². The summed E-state index contributed by atoms with van der Waals surface area (Å²) in [5, 5.41) is 2.90. The fourth-order valence-electron chi connectivity index (χ4n) is 1.84. The number of aromatic nitrogens is 2. The van der Waals surface area contributed by atoms with Crippen LogP contribution in [0.5, 0.6) is 0 Å². The summed E-state index contributed by atoms with van der Waals surface area (Å²) in [4.78, 5) is 15.9. The zero-order valence-corrected chi connectivity index (χ0v) is 10.6. The van der Waals surface area contributed by atoms with Gasteiger partial charge in [0.25, 0.3) is 0 Å². The van der Waals surface area contributed by atoms with Gasteiger partial charge in [0.1, 0.15) is 0 Å². The number of nitrogens with one attached hydrogen (secondary N) is 1. The first kappa shape index (κ1) is 12.4. The Morgan fingerprint density at radius 3 is 3.00 bits per heavy atom. The SMILES string of the molecule is Cc1cccc(NC(=O)C[C@H](C)n2ccnc2)c1. The summed E-state index contributed by atoms with van der Waals surface area (Å²) < 4.78 is 1.93. The number of carbonyl (C=O) groups is 1. The largest absolute Gasteiger partial charge is 0.334 e. The molecule has 1 N–H and O–H groups in total. The maximum atomic E-state index is 11.9. The van der Waals surface area contributed by atoms with Crippen LogP contribution in [0.2, 0.25) is 0 Å². The second-order valence-electron chi connectivity index (χ2n) is 4.48. The minimum Gasteiger partial charge on any atom is -0.334 e. The van der Waals surface area contributed by atoms with E-state index in [1.165, 1.54) is 0 Å². The number of hydrogen-bond donors (Lipinski definition) is 1. The second-order valence-corrected chi connectivity index (χ2v) is 4.48. The Labute approximate surface area is 107 Å². The molecule has 2 rings (SSSR count). The van der Waals surface area contributed by atoms with E-state index in [0.29, 0.717) is 6.42 Å². The van der Waals surface area contributed by atoms with Crippen LogP contribution in [0.4, 0.5) is 5.69 Å². The van der Waals surface area contributed by atoms with Crippen molar-refractivity contribution in [3.63, 3.8) is 0 Å². The predicted octanol–water partition coefficient (Wildman–Crippen LogP) is 2.78. The van der Waals surface area contributed by atoms with E-state index >= 15 is 0 Å². The first-order chi connectivity index (χ1) is 8.65. The lowest BCUT2D eigenvalue weighted by molar-refractivity contribution is -0.116. The highest BCUT2D eigenvalue weighted by Crippen LogP contribution is 2.13. The maximum Gasteiger partial charge on any atom is 0.226 e. The third-order valence-electron chi connectivity index (χ3n) is 2.82. The van der Waals surface area contributed by atoms with Crippen LogP contribution in [0.1, 0.15) is 24.9 Å². The van der Waals surface area contributed by atoms with E-state index in [0.717, 1.165) is 11.3 Å². The smallest absolute Gasteiger partial charge is 0.226 e. The summed E-state index contributed by atoms with van der Waals surface area (Å²) in [6.45, 7) is 4.00. The molecule has 1 heterocycles. The zero-order valence-electron chi connectivity index (χ0n) is 10.6. The van der Waals surface area contributed by atoms with Crippen molar-refractivity contribution in [3.8, 4) is 0 Å². The number of aryl methyl sites for hydroxylation is 1. The number of benzene rings is 1. The van der Waals surface area contributed by atoms with Crippen LogP contribution in [-0.2, 0) is 4.79 Å². The number of anilines is 1. The van der Waals surface area contributed by atoms with E-state index in [9.17, 15) is 4.79 Å². The minimum atomic E-state index is 0.0156. The summed E-state index contributed by atoms with van der Waals surface area (Å²) in [5.74, 6) is 0.0156. The van der Waals surface area contributed by atoms with Crippen molar-refractivity contribution in [2.75, 3.05) is 5.32 Å². The standard InChI is InChI=1S/C14H17N3O/c1-11-4-3-5-13(8-11)16-14(18)9-12(2)17-7-6-15-10-17/h3-8,10,12H,9H2,1-2H3,(H,16,18)/t12-/m0/s1. The van der Waals surface area contributed by atoms with Crippen molar-refractivity contribution in [1.82, 2.24) is 9.55 Å². The number of nitrogens with zero attached hydrogens (tertiary/aromatic N) is 2. The molecule has 0 unspecified atom stereocenters. The molecule has 18 heavy (non-hydrogen) atoms. The predicted molar refractivity (Wildman–Crippen MR) is 71.4 cm³/mol. The van der Waals surface area contributed by atoms with Crippen LogP contribution in [-0.4, -0.2) is 15.5 Å². The monoisotopic (exact) mass is 243 g/mol. The van der Waals surface area contributed by atoms with Gasteiger partial charge in [-0.2, -0.15) is 0 Å². The molecular weight excluding hydrogens is 226 g/mol. The lowest BCUT2D eigenvalue weighted by Gasteiger charge is -2.13. The van der Waals surface area contributed by atoms with Gasteiger partial charge in [-0.05, 0) is 31.5 Å². The summed E-state index contributed by atoms with van der Waals surface area (Å²) in [7, 11) is 0. The van der Waals surface area contributed by atoms with Crippen molar-refractivity contribution < 1.29 is 4.79 Å². The van der Waals surface area contributed by atoms with Crippen molar-refractivity contribution in [2.24, 2.45) is 0 Å². The Morgan fingerprint density at radius 1 is 1.50 bits per heavy atom. The minimum absolute atomic E-state index is 0.0156. The first-order valence-electron chi connectivity index (χ1n) is 5.99. The summed E-state index contributed by atoms with van der Waals surface area (Å²) in [6.07, 6.45) is 5.74. The number of imidazole rings is 1. The summed E-state index contributed by atoms with van der Waals surface area (Å²) in [6, 6.07) is 7.90. The van der Waals surface area contributed by atoms with Crippen molar-refractivity contribution >= 4 is 11.6 Å². The molecule has 0 saturated heterocycles. The molecule has 4 nitrogen and oxygen atoms in total. The number of amides is 1. The number of hydrogen-bond acceptors (Lipinski definition) is 2. The lowest BCUT2D eigenvalue weighted by Crippen LogP contribution is -2.16. The zero-order chi connectivity index (χ0) is 13.0. The van der Waals surface area contributed by atoms with Gasteiger partial charge in [0.15, 0.2) is 0 Å². The molecule has 0 spiro atoms. The number of rotatable bonds is 4. The highest BCUT2D eigenvalue weighted by atomic mass is 16.1. The Balaban J connectivity index is 1.93. The Hall–Kier alpha value is -2.10. The van der Waals surface area contributed by atoms with E-state index < -0.39 is 0 Å². The van der Waals surface area contributed by atoms with Crippen LogP contribution in [0, 0.1) is 6.92 Å². The normalized spacial score (nSPS) is 12.1. The van der Waals surface area contributed by atoms with Gasteiger partial charge in [0.2, 0.25) is 5.91 Å². The molecule has 1 atom stereocenters. The van der Waals surface area contributed by atoms with Gasteiger partial charge >= 0.3 is 0 Å². The highest BCUT2D eigenvalue weighted by Gasteiger charge is 2.10. The van der Waals surface area contributed by atoms with Gasteiger partial charge in [-0.3, -0.25) is 4.79 Å².